The molecule has 2 N–H and O–H groups in total. The van der Waals surface area contributed by atoms with Crippen LogP contribution in [0.4, 0.5) is 8.78 Å². The molecule has 1 saturated carbocycles. The summed E-state index contributed by atoms with van der Waals surface area (Å²) in [4.78, 5) is 0. The normalized spacial score (nSPS) is 24.4. The lowest BCUT2D eigenvalue weighted by atomic mass is 10.1. The number of hydrogen-bond acceptors (Lipinski definition) is 2. The van der Waals surface area contributed by atoms with Gasteiger partial charge < -0.3 is 10.4 Å². The molecule has 0 amide bonds. The van der Waals surface area contributed by atoms with Gasteiger partial charge in [-0.25, -0.2) is 8.78 Å². The summed E-state index contributed by atoms with van der Waals surface area (Å²) in [5.41, 5.74) is 0.898. The van der Waals surface area contributed by atoms with Gasteiger partial charge in [-0.1, -0.05) is 37.5 Å². The SMILES string of the molecule is OC1CCCCCC1NCc1cccc(C(F)F)c1. The minimum atomic E-state index is -2.43. The number of aliphatic hydroxyl groups is 1. The van der Waals surface area contributed by atoms with Crippen molar-refractivity contribution in [2.45, 2.75) is 57.2 Å². The maximum Gasteiger partial charge on any atom is 0.263 e. The van der Waals surface area contributed by atoms with E-state index in [0.29, 0.717) is 6.54 Å². The summed E-state index contributed by atoms with van der Waals surface area (Å²) in [5.74, 6) is 0. The standard InChI is InChI=1S/C15H21F2NO/c16-15(17)12-6-4-5-11(9-12)10-18-13-7-2-1-3-8-14(13)19/h4-6,9,13-15,18-19H,1-3,7-8,10H2. The number of aliphatic hydroxyl groups excluding tert-OH is 1. The van der Waals surface area contributed by atoms with E-state index >= 15 is 0 Å². The first-order chi connectivity index (χ1) is 9.16. The Morgan fingerprint density at radius 3 is 2.79 bits per heavy atom. The second-order valence-corrected chi connectivity index (χ2v) is 5.24. The van der Waals surface area contributed by atoms with Crippen molar-refractivity contribution < 1.29 is 13.9 Å². The van der Waals surface area contributed by atoms with Crippen LogP contribution in [0.2, 0.25) is 0 Å². The third-order valence-electron chi connectivity index (χ3n) is 3.75. The molecule has 0 aliphatic heterocycles. The number of hydrogen-bond donors (Lipinski definition) is 2. The smallest absolute Gasteiger partial charge is 0.263 e. The number of nitrogens with one attached hydrogen (secondary N) is 1. The molecule has 0 bridgehead atoms. The second-order valence-electron chi connectivity index (χ2n) is 5.24. The van der Waals surface area contributed by atoms with E-state index in [1.54, 1.807) is 6.07 Å². The van der Waals surface area contributed by atoms with Crippen LogP contribution in [-0.2, 0) is 6.54 Å². The van der Waals surface area contributed by atoms with Crippen molar-refractivity contribution in [3.63, 3.8) is 0 Å². The van der Waals surface area contributed by atoms with E-state index in [2.05, 4.69) is 5.32 Å². The summed E-state index contributed by atoms with van der Waals surface area (Å²) in [6, 6.07) is 6.54. The minimum absolute atomic E-state index is 0.0562. The number of halogens is 2. The fraction of sp³-hybridized carbons (Fsp3) is 0.600. The van der Waals surface area contributed by atoms with E-state index in [1.807, 2.05) is 6.07 Å². The van der Waals surface area contributed by atoms with Crippen LogP contribution < -0.4 is 5.32 Å². The molecule has 1 aromatic rings. The second kappa shape index (κ2) is 6.96. The van der Waals surface area contributed by atoms with Crippen LogP contribution in [0.25, 0.3) is 0 Å². The fourth-order valence-corrected chi connectivity index (χ4v) is 2.61. The first-order valence-corrected chi connectivity index (χ1v) is 6.95. The van der Waals surface area contributed by atoms with Crippen LogP contribution in [0.5, 0.6) is 0 Å². The number of alkyl halides is 2. The Morgan fingerprint density at radius 2 is 2.00 bits per heavy atom. The van der Waals surface area contributed by atoms with Gasteiger partial charge >= 0.3 is 0 Å². The summed E-state index contributed by atoms with van der Waals surface area (Å²) in [6.45, 7) is 0.530. The maximum atomic E-state index is 12.6. The molecule has 0 spiro atoms. The van der Waals surface area contributed by atoms with Crippen LogP contribution in [0.15, 0.2) is 24.3 Å². The Hall–Kier alpha value is -1.00. The van der Waals surface area contributed by atoms with Gasteiger partial charge in [0.2, 0.25) is 0 Å². The molecule has 1 aromatic carbocycles. The average molecular weight is 269 g/mol. The maximum absolute atomic E-state index is 12.6. The largest absolute Gasteiger partial charge is 0.392 e. The van der Waals surface area contributed by atoms with Gasteiger partial charge in [0.15, 0.2) is 0 Å². The summed E-state index contributed by atoms with van der Waals surface area (Å²) in [5, 5.41) is 13.3. The third kappa shape index (κ3) is 4.25. The molecule has 0 radical (unpaired) electrons. The molecule has 2 unspecified atom stereocenters. The first kappa shape index (κ1) is 14.4. The molecule has 1 fully saturated rings. The topological polar surface area (TPSA) is 32.3 Å². The summed E-state index contributed by atoms with van der Waals surface area (Å²) < 4.78 is 25.2. The highest BCUT2D eigenvalue weighted by Gasteiger charge is 2.20. The van der Waals surface area contributed by atoms with Crippen LogP contribution >= 0.6 is 0 Å². The summed E-state index contributed by atoms with van der Waals surface area (Å²) >= 11 is 0. The van der Waals surface area contributed by atoms with E-state index < -0.39 is 6.43 Å². The lowest BCUT2D eigenvalue weighted by Crippen LogP contribution is -2.38. The lowest BCUT2D eigenvalue weighted by Gasteiger charge is -2.22. The average Bonchev–Trinajstić information content (AvgIpc) is 2.61. The van der Waals surface area contributed by atoms with Crippen LogP contribution in [0.1, 0.15) is 49.7 Å². The summed E-state index contributed by atoms with van der Waals surface area (Å²) in [7, 11) is 0. The van der Waals surface area contributed by atoms with Crippen molar-refractivity contribution in [2.75, 3.05) is 0 Å². The Kier molecular flexibility index (Phi) is 5.28. The molecule has 1 aliphatic rings. The molecule has 2 nitrogen and oxygen atoms in total. The lowest BCUT2D eigenvalue weighted by molar-refractivity contribution is 0.119. The molecule has 0 heterocycles. The highest BCUT2D eigenvalue weighted by molar-refractivity contribution is 5.24. The molecule has 2 atom stereocenters. The molecule has 106 valence electrons. The molecular weight excluding hydrogens is 248 g/mol. The summed E-state index contributed by atoms with van der Waals surface area (Å²) in [6.07, 6.45) is 2.39. The Labute approximate surface area is 112 Å². The van der Waals surface area contributed by atoms with Gasteiger partial charge in [0.1, 0.15) is 0 Å². The zero-order chi connectivity index (χ0) is 13.7. The van der Waals surface area contributed by atoms with Gasteiger partial charge in [0.05, 0.1) is 6.10 Å². The highest BCUT2D eigenvalue weighted by atomic mass is 19.3. The highest BCUT2D eigenvalue weighted by Crippen LogP contribution is 2.21. The van der Waals surface area contributed by atoms with E-state index in [9.17, 15) is 13.9 Å². The van der Waals surface area contributed by atoms with Gasteiger partial charge in [-0.2, -0.15) is 0 Å². The molecular formula is C15H21F2NO. The van der Waals surface area contributed by atoms with Crippen molar-refractivity contribution in [2.24, 2.45) is 0 Å². The van der Waals surface area contributed by atoms with Crippen molar-refractivity contribution in [1.82, 2.24) is 5.32 Å². The molecule has 1 aliphatic carbocycles. The van der Waals surface area contributed by atoms with Crippen molar-refractivity contribution in [3.05, 3.63) is 35.4 Å². The molecule has 2 rings (SSSR count). The van der Waals surface area contributed by atoms with Gasteiger partial charge in [0.25, 0.3) is 6.43 Å². The van der Waals surface area contributed by atoms with Crippen LogP contribution in [0.3, 0.4) is 0 Å². The van der Waals surface area contributed by atoms with Gasteiger partial charge in [-0.05, 0) is 24.5 Å². The zero-order valence-corrected chi connectivity index (χ0v) is 11.0. The van der Waals surface area contributed by atoms with E-state index in [-0.39, 0.29) is 17.7 Å². The van der Waals surface area contributed by atoms with Crippen molar-refractivity contribution in [3.8, 4) is 0 Å². The Morgan fingerprint density at radius 1 is 1.21 bits per heavy atom. The predicted octanol–water partition coefficient (Wildman–Crippen LogP) is 3.41. The van der Waals surface area contributed by atoms with Crippen molar-refractivity contribution >= 4 is 0 Å². The van der Waals surface area contributed by atoms with E-state index in [0.717, 1.165) is 37.7 Å². The molecule has 0 saturated heterocycles. The molecule has 0 aromatic heterocycles. The van der Waals surface area contributed by atoms with Crippen LogP contribution in [-0.4, -0.2) is 17.3 Å². The number of benzene rings is 1. The minimum Gasteiger partial charge on any atom is -0.392 e. The molecule has 19 heavy (non-hydrogen) atoms. The predicted molar refractivity (Wildman–Crippen MR) is 71.1 cm³/mol. The quantitative estimate of drug-likeness (QED) is 0.821. The van der Waals surface area contributed by atoms with Gasteiger partial charge in [0, 0.05) is 18.2 Å². The Bertz CT molecular complexity index is 397. The van der Waals surface area contributed by atoms with Gasteiger partial charge in [-0.3, -0.25) is 0 Å². The van der Waals surface area contributed by atoms with Gasteiger partial charge in [-0.15, -0.1) is 0 Å². The third-order valence-corrected chi connectivity index (χ3v) is 3.75. The molecule has 4 heteroatoms. The fourth-order valence-electron chi connectivity index (χ4n) is 2.61. The first-order valence-electron chi connectivity index (χ1n) is 6.95. The monoisotopic (exact) mass is 269 g/mol. The van der Waals surface area contributed by atoms with Crippen LogP contribution in [0, 0.1) is 0 Å². The number of rotatable bonds is 4. The van der Waals surface area contributed by atoms with Crippen molar-refractivity contribution in [1.29, 1.82) is 0 Å². The van der Waals surface area contributed by atoms with E-state index in [1.165, 1.54) is 12.1 Å². The van der Waals surface area contributed by atoms with E-state index in [4.69, 9.17) is 0 Å². The zero-order valence-electron chi connectivity index (χ0n) is 11.0. The Balaban J connectivity index is 1.92.